The number of nitrogens with one attached hydrogen (secondary N) is 1. The lowest BCUT2D eigenvalue weighted by molar-refractivity contribution is -0.741. The molecule has 3 atom stereocenters. The van der Waals surface area contributed by atoms with E-state index in [4.69, 9.17) is 15.0 Å². The third-order valence-corrected chi connectivity index (χ3v) is 7.95. The van der Waals surface area contributed by atoms with Crippen LogP contribution >= 0.6 is 11.3 Å². The fraction of sp³-hybridized carbons (Fsp3) is 0.286. The molecule has 14 heteroatoms. The first-order chi connectivity index (χ1) is 19.6. The van der Waals surface area contributed by atoms with Gasteiger partial charge in [0.05, 0.1) is 28.9 Å². The topological polar surface area (TPSA) is 136 Å². The number of hydrogen-bond acceptors (Lipinski definition) is 8. The Morgan fingerprint density at radius 3 is 2.60 bits per heavy atom. The highest BCUT2D eigenvalue weighted by atomic mass is 127. The molecule has 2 aromatic carbocycles. The van der Waals surface area contributed by atoms with Crippen LogP contribution in [-0.2, 0) is 15.1 Å². The summed E-state index contributed by atoms with van der Waals surface area (Å²) in [6.07, 6.45) is 1.85. The molecule has 2 amide bonds. The second kappa shape index (κ2) is 13.9. The third kappa shape index (κ3) is 6.80. The van der Waals surface area contributed by atoms with Crippen molar-refractivity contribution in [1.82, 2.24) is 20.1 Å². The molecule has 0 radical (unpaired) electrons. The summed E-state index contributed by atoms with van der Waals surface area (Å²) >= 11 is 1.23. The summed E-state index contributed by atoms with van der Waals surface area (Å²) in [5.41, 5.74) is -0.632. The van der Waals surface area contributed by atoms with Crippen LogP contribution in [0, 0.1) is 23.0 Å². The number of H-pyrrole nitrogens is 1. The van der Waals surface area contributed by atoms with Crippen LogP contribution in [0.25, 0.3) is 11.3 Å². The van der Waals surface area contributed by atoms with E-state index in [1.807, 2.05) is 0 Å². The minimum Gasteiger partial charge on any atom is -1.00 e. The summed E-state index contributed by atoms with van der Waals surface area (Å²) in [5, 5.41) is 30.4. The van der Waals surface area contributed by atoms with Crippen LogP contribution in [0.1, 0.15) is 48.4 Å². The van der Waals surface area contributed by atoms with Gasteiger partial charge in [-0.05, 0) is 30.3 Å². The fourth-order valence-corrected chi connectivity index (χ4v) is 5.47. The second-order valence-corrected chi connectivity index (χ2v) is 10.3. The van der Waals surface area contributed by atoms with Gasteiger partial charge in [-0.25, -0.2) is 23.1 Å². The van der Waals surface area contributed by atoms with Crippen molar-refractivity contribution in [3.8, 4) is 17.3 Å². The van der Waals surface area contributed by atoms with Crippen molar-refractivity contribution in [2.24, 2.45) is 0 Å². The van der Waals surface area contributed by atoms with Crippen LogP contribution in [0.5, 0.6) is 0 Å². The van der Waals surface area contributed by atoms with Crippen molar-refractivity contribution in [2.75, 3.05) is 13.7 Å². The Kier molecular flexibility index (Phi) is 10.8. The number of nitrogens with zero attached hydrogens (tertiary/aromatic N) is 5. The molecule has 2 N–H and O–H groups in total. The van der Waals surface area contributed by atoms with Gasteiger partial charge in [-0.2, -0.15) is 5.26 Å². The van der Waals surface area contributed by atoms with Gasteiger partial charge in [-0.1, -0.05) is 19.1 Å². The Morgan fingerprint density at radius 1 is 1.26 bits per heavy atom. The average Bonchev–Trinajstić information content (AvgIpc) is 3.68. The van der Waals surface area contributed by atoms with Crippen LogP contribution in [0.4, 0.5) is 13.6 Å². The highest BCUT2D eigenvalue weighted by molar-refractivity contribution is 7.10. The minimum atomic E-state index is -2.13. The quantitative estimate of drug-likeness (QED) is 0.197. The van der Waals surface area contributed by atoms with Crippen molar-refractivity contribution in [2.45, 2.75) is 37.8 Å². The lowest BCUT2D eigenvalue weighted by Crippen LogP contribution is -3.00. The molecule has 0 aliphatic carbocycles. The first-order valence-electron chi connectivity index (χ1n) is 12.5. The third-order valence-electron chi connectivity index (χ3n) is 6.93. The predicted octanol–water partition coefficient (Wildman–Crippen LogP) is 1.21. The molecule has 0 aliphatic heterocycles. The highest BCUT2D eigenvalue weighted by Gasteiger charge is 2.50. The van der Waals surface area contributed by atoms with Crippen LogP contribution in [0.15, 0.2) is 60.5 Å². The number of aliphatic hydroxyl groups is 1. The molecule has 0 saturated carbocycles. The maximum absolute atomic E-state index is 15.4. The molecule has 1 unspecified atom stereocenters. The van der Waals surface area contributed by atoms with Crippen molar-refractivity contribution in [3.05, 3.63) is 88.3 Å². The molecule has 4 aromatic rings. The molecule has 2 heterocycles. The van der Waals surface area contributed by atoms with E-state index < -0.39 is 41.2 Å². The molecule has 2 aromatic heterocycles. The molecule has 0 saturated heterocycles. The summed E-state index contributed by atoms with van der Waals surface area (Å²) in [7, 11) is 1.27. The van der Waals surface area contributed by atoms with E-state index in [0.29, 0.717) is 16.3 Å². The normalized spacial score (nSPS) is 13.6. The van der Waals surface area contributed by atoms with Crippen molar-refractivity contribution in [1.29, 1.82) is 5.26 Å². The van der Waals surface area contributed by atoms with Crippen LogP contribution in [0.2, 0.25) is 0 Å². The molecule has 42 heavy (non-hydrogen) atoms. The Bertz CT molecular complexity index is 1580. The monoisotopic (exact) mass is 708 g/mol. The molecule has 0 fully saturated rings. The number of aromatic nitrogens is 4. The number of nitriles is 1. The number of rotatable bonds is 9. The fourth-order valence-electron chi connectivity index (χ4n) is 4.51. The van der Waals surface area contributed by atoms with Crippen molar-refractivity contribution < 1.29 is 56.8 Å². The molecule has 4 rings (SSSR count). The Labute approximate surface area is 261 Å². The smallest absolute Gasteiger partial charge is 0.416 e. The first kappa shape index (κ1) is 32.7. The highest BCUT2D eigenvalue weighted by Crippen LogP contribution is 2.46. The number of halogens is 3. The number of aromatic amines is 1. The molecule has 220 valence electrons. The van der Waals surface area contributed by atoms with Gasteiger partial charge >= 0.3 is 6.09 Å². The van der Waals surface area contributed by atoms with Crippen LogP contribution in [-0.4, -0.2) is 50.8 Å². The van der Waals surface area contributed by atoms with Crippen molar-refractivity contribution >= 4 is 23.3 Å². The molecular formula is C28H27F2IN6O4S. The zero-order valence-electron chi connectivity index (χ0n) is 22.8. The van der Waals surface area contributed by atoms with E-state index in [1.165, 1.54) is 42.5 Å². The maximum atomic E-state index is 15.4. The van der Waals surface area contributed by atoms with Gasteiger partial charge < -0.3 is 33.8 Å². The van der Waals surface area contributed by atoms with Gasteiger partial charge in [-0.3, -0.25) is 9.69 Å². The molecule has 0 spiro atoms. The lowest BCUT2D eigenvalue weighted by atomic mass is 9.75. The molecule has 0 aliphatic rings. The van der Waals surface area contributed by atoms with Gasteiger partial charge in [0, 0.05) is 47.9 Å². The van der Waals surface area contributed by atoms with Gasteiger partial charge in [-0.15, -0.1) is 16.4 Å². The van der Waals surface area contributed by atoms with E-state index in [-0.39, 0.29) is 42.6 Å². The minimum absolute atomic E-state index is 0. The van der Waals surface area contributed by atoms with Gasteiger partial charge in [0.1, 0.15) is 23.3 Å². The molecule has 10 nitrogen and oxygen atoms in total. The number of imide groups is 1. The second-order valence-electron chi connectivity index (χ2n) is 9.38. The molecule has 0 bridgehead atoms. The van der Waals surface area contributed by atoms with E-state index >= 15 is 4.39 Å². The number of amides is 2. The maximum Gasteiger partial charge on any atom is 0.416 e. The van der Waals surface area contributed by atoms with Gasteiger partial charge in [0.15, 0.2) is 0 Å². The lowest BCUT2D eigenvalue weighted by Gasteiger charge is -2.39. The van der Waals surface area contributed by atoms with Gasteiger partial charge in [0.25, 0.3) is 6.33 Å². The molecular weight excluding hydrogens is 681 g/mol. The number of carbonyl (C=O) groups is 2. The number of benzene rings is 2. The first-order valence-corrected chi connectivity index (χ1v) is 13.4. The predicted molar refractivity (Wildman–Crippen MR) is 143 cm³/mol. The SMILES string of the molecule is CC(=O)N(C)C(=O)OCCC([n+]1cn[nH]c1)[C@](O)(c1cc(F)ccc1F)[C@@H](C)c1nc(-c2ccc(C#N)cc2)cs1.[I-]. The Hall–Kier alpha value is -3.81. The zero-order valence-corrected chi connectivity index (χ0v) is 25.8. The summed E-state index contributed by atoms with van der Waals surface area (Å²) < 4.78 is 36.6. The van der Waals surface area contributed by atoms with E-state index in [1.54, 1.807) is 36.6 Å². The number of hydrogen-bond donors (Lipinski definition) is 2. The summed E-state index contributed by atoms with van der Waals surface area (Å²) in [6, 6.07) is 10.7. The van der Waals surface area contributed by atoms with Crippen LogP contribution in [0.3, 0.4) is 0 Å². The summed E-state index contributed by atoms with van der Waals surface area (Å²) in [6.45, 7) is 2.59. The van der Waals surface area contributed by atoms with Gasteiger partial charge in [0.2, 0.25) is 12.2 Å². The summed E-state index contributed by atoms with van der Waals surface area (Å²) in [5.74, 6) is -3.02. The largest absolute Gasteiger partial charge is 1.00 e. The number of thiazole rings is 1. The Morgan fingerprint density at radius 2 is 1.98 bits per heavy atom. The van der Waals surface area contributed by atoms with E-state index in [2.05, 4.69) is 16.3 Å². The standard InChI is InChI=1S/C28H26F2N6O4S.HI/c1-17(26-34-24(14-41-26)20-6-4-19(13-31)5-7-20)28(39,22-12-21(29)8-9-23(22)30)25(36-15-32-33-16-36)10-11-40-27(38)35(3)18(2)37;/h4-9,12,14-17,25,39H,10-11H2,1-3H3;1H/t17-,25?,28+;/m0./s1. The van der Waals surface area contributed by atoms with Crippen LogP contribution < -0.4 is 28.5 Å². The average molecular weight is 709 g/mol. The summed E-state index contributed by atoms with van der Waals surface area (Å²) in [4.78, 5) is 29.3. The Balaban J connectivity index is 0.00000484. The van der Waals surface area contributed by atoms with E-state index in [9.17, 15) is 19.1 Å². The number of carbonyl (C=O) groups excluding carboxylic acids is 2. The zero-order chi connectivity index (χ0) is 29.7. The number of ether oxygens (including phenoxy) is 1. The van der Waals surface area contributed by atoms with E-state index in [0.717, 1.165) is 28.7 Å². The van der Waals surface area contributed by atoms with Crippen molar-refractivity contribution in [3.63, 3.8) is 0 Å².